The minimum absolute atomic E-state index is 0.00837. The highest BCUT2D eigenvalue weighted by Crippen LogP contribution is 2.08. The largest absolute Gasteiger partial charge is 0.484 e. The maximum absolute atomic E-state index is 11.7. The van der Waals surface area contributed by atoms with Crippen molar-refractivity contribution in [1.29, 1.82) is 0 Å². The van der Waals surface area contributed by atoms with Crippen LogP contribution in [0.4, 0.5) is 0 Å². The Balaban J connectivity index is 1.53. The number of para-hydroxylation sites is 1. The molecule has 1 heterocycles. The topological polar surface area (TPSA) is 67.4 Å². The summed E-state index contributed by atoms with van der Waals surface area (Å²) in [5, 5.41) is 7.42. The molecular weight excluding hydrogens is 300 g/mol. The van der Waals surface area contributed by atoms with E-state index in [-0.39, 0.29) is 18.4 Å². The van der Waals surface area contributed by atoms with Crippen molar-refractivity contribution in [2.24, 2.45) is 0 Å². The van der Waals surface area contributed by atoms with Crippen LogP contribution < -0.4 is 15.4 Å². The van der Waals surface area contributed by atoms with E-state index in [0.29, 0.717) is 30.1 Å². The van der Waals surface area contributed by atoms with E-state index in [1.807, 2.05) is 29.6 Å². The van der Waals surface area contributed by atoms with Gasteiger partial charge in [-0.05, 0) is 30.0 Å². The average Bonchev–Trinajstić information content (AvgIpc) is 3.08. The van der Waals surface area contributed by atoms with Crippen molar-refractivity contribution in [3.05, 3.63) is 52.7 Å². The Hall–Kier alpha value is -2.34. The Bertz CT molecular complexity index is 585. The van der Waals surface area contributed by atoms with E-state index in [0.717, 1.165) is 0 Å². The average molecular weight is 318 g/mol. The standard InChI is InChI=1S/C16H18N2O3S/c19-15(12-21-13-6-2-1-3-7-13)17-9-5-10-18-16(20)14-8-4-11-22-14/h1-4,6-8,11H,5,9-10,12H2,(H,17,19)(H,18,20). The van der Waals surface area contributed by atoms with Crippen molar-refractivity contribution in [2.45, 2.75) is 6.42 Å². The molecule has 2 rings (SSSR count). The molecule has 2 amide bonds. The molecule has 1 aromatic carbocycles. The Morgan fingerprint density at radius 2 is 1.77 bits per heavy atom. The van der Waals surface area contributed by atoms with E-state index in [1.54, 1.807) is 18.2 Å². The van der Waals surface area contributed by atoms with Crippen LogP contribution in [0.15, 0.2) is 47.8 Å². The van der Waals surface area contributed by atoms with Crippen LogP contribution in [0, 0.1) is 0 Å². The van der Waals surface area contributed by atoms with E-state index < -0.39 is 0 Å². The van der Waals surface area contributed by atoms with Gasteiger partial charge in [0, 0.05) is 13.1 Å². The van der Waals surface area contributed by atoms with E-state index in [4.69, 9.17) is 4.74 Å². The molecule has 0 radical (unpaired) electrons. The van der Waals surface area contributed by atoms with Crippen LogP contribution >= 0.6 is 11.3 Å². The third-order valence-corrected chi connectivity index (χ3v) is 3.69. The summed E-state index contributed by atoms with van der Waals surface area (Å²) in [6, 6.07) is 12.8. The summed E-state index contributed by atoms with van der Waals surface area (Å²) in [6.45, 7) is 1.02. The molecule has 116 valence electrons. The second-order valence-corrected chi connectivity index (χ2v) is 5.49. The van der Waals surface area contributed by atoms with Crippen LogP contribution in [-0.2, 0) is 4.79 Å². The molecule has 0 saturated carbocycles. The molecule has 2 aromatic rings. The Labute approximate surface area is 133 Å². The number of hydrogen-bond donors (Lipinski definition) is 2. The van der Waals surface area contributed by atoms with Crippen LogP contribution in [0.1, 0.15) is 16.1 Å². The summed E-state index contributed by atoms with van der Waals surface area (Å²) in [5.74, 6) is 0.419. The van der Waals surface area contributed by atoms with Gasteiger partial charge in [-0.3, -0.25) is 9.59 Å². The summed E-state index contributed by atoms with van der Waals surface area (Å²) in [5.41, 5.74) is 0. The third-order valence-electron chi connectivity index (χ3n) is 2.82. The van der Waals surface area contributed by atoms with Gasteiger partial charge in [-0.25, -0.2) is 0 Å². The molecule has 0 bridgehead atoms. The highest BCUT2D eigenvalue weighted by atomic mass is 32.1. The lowest BCUT2D eigenvalue weighted by Gasteiger charge is -2.07. The first-order valence-electron chi connectivity index (χ1n) is 7.02. The number of carbonyl (C=O) groups excluding carboxylic acids is 2. The number of rotatable bonds is 8. The lowest BCUT2D eigenvalue weighted by Crippen LogP contribution is -2.32. The molecule has 0 spiro atoms. The van der Waals surface area contributed by atoms with Gasteiger partial charge in [0.2, 0.25) is 0 Å². The lowest BCUT2D eigenvalue weighted by atomic mass is 10.3. The summed E-state index contributed by atoms with van der Waals surface area (Å²) >= 11 is 1.41. The van der Waals surface area contributed by atoms with Crippen molar-refractivity contribution < 1.29 is 14.3 Å². The van der Waals surface area contributed by atoms with E-state index in [9.17, 15) is 9.59 Å². The minimum Gasteiger partial charge on any atom is -0.484 e. The van der Waals surface area contributed by atoms with Crippen molar-refractivity contribution in [2.75, 3.05) is 19.7 Å². The summed E-state index contributed by atoms with van der Waals surface area (Å²) < 4.78 is 5.33. The van der Waals surface area contributed by atoms with Crippen LogP contribution in [0.2, 0.25) is 0 Å². The molecule has 0 unspecified atom stereocenters. The normalized spacial score (nSPS) is 10.0. The molecular formula is C16H18N2O3S. The fraction of sp³-hybridized carbons (Fsp3) is 0.250. The van der Waals surface area contributed by atoms with E-state index in [2.05, 4.69) is 10.6 Å². The van der Waals surface area contributed by atoms with Gasteiger partial charge in [0.25, 0.3) is 11.8 Å². The maximum Gasteiger partial charge on any atom is 0.261 e. The molecule has 0 saturated heterocycles. The molecule has 22 heavy (non-hydrogen) atoms. The molecule has 1 aromatic heterocycles. The Morgan fingerprint density at radius 3 is 2.50 bits per heavy atom. The summed E-state index contributed by atoms with van der Waals surface area (Å²) in [4.78, 5) is 23.9. The number of ether oxygens (including phenoxy) is 1. The van der Waals surface area contributed by atoms with Gasteiger partial charge in [-0.2, -0.15) is 0 Å². The van der Waals surface area contributed by atoms with Gasteiger partial charge in [-0.15, -0.1) is 11.3 Å². The molecule has 6 heteroatoms. The number of amides is 2. The predicted molar refractivity (Wildman–Crippen MR) is 86.2 cm³/mol. The number of hydrogen-bond acceptors (Lipinski definition) is 4. The monoisotopic (exact) mass is 318 g/mol. The van der Waals surface area contributed by atoms with Gasteiger partial charge in [-0.1, -0.05) is 24.3 Å². The second kappa shape index (κ2) is 8.84. The van der Waals surface area contributed by atoms with Crippen molar-refractivity contribution in [1.82, 2.24) is 10.6 Å². The summed E-state index contributed by atoms with van der Waals surface area (Å²) in [6.07, 6.45) is 0.675. The van der Waals surface area contributed by atoms with E-state index in [1.165, 1.54) is 11.3 Å². The Morgan fingerprint density at radius 1 is 1.00 bits per heavy atom. The van der Waals surface area contributed by atoms with Crippen LogP contribution in [0.3, 0.4) is 0 Å². The molecule has 0 aliphatic carbocycles. The highest BCUT2D eigenvalue weighted by Gasteiger charge is 2.05. The van der Waals surface area contributed by atoms with Gasteiger partial charge in [0.15, 0.2) is 6.61 Å². The smallest absolute Gasteiger partial charge is 0.261 e. The quantitative estimate of drug-likeness (QED) is 0.732. The van der Waals surface area contributed by atoms with Gasteiger partial charge >= 0.3 is 0 Å². The zero-order valence-corrected chi connectivity index (χ0v) is 12.9. The van der Waals surface area contributed by atoms with Crippen molar-refractivity contribution >= 4 is 23.2 Å². The van der Waals surface area contributed by atoms with Crippen LogP contribution in [-0.4, -0.2) is 31.5 Å². The fourth-order valence-corrected chi connectivity index (χ4v) is 2.37. The zero-order chi connectivity index (χ0) is 15.6. The molecule has 0 aliphatic heterocycles. The zero-order valence-electron chi connectivity index (χ0n) is 12.1. The third kappa shape index (κ3) is 5.57. The summed E-state index contributed by atoms with van der Waals surface area (Å²) in [7, 11) is 0. The number of nitrogens with one attached hydrogen (secondary N) is 2. The van der Waals surface area contributed by atoms with Crippen LogP contribution in [0.25, 0.3) is 0 Å². The lowest BCUT2D eigenvalue weighted by molar-refractivity contribution is -0.123. The number of thiophene rings is 1. The van der Waals surface area contributed by atoms with Crippen molar-refractivity contribution in [3.8, 4) is 5.75 Å². The molecule has 5 nitrogen and oxygen atoms in total. The van der Waals surface area contributed by atoms with Gasteiger partial charge in [0.05, 0.1) is 4.88 Å². The Kier molecular flexibility index (Phi) is 6.44. The molecule has 0 fully saturated rings. The van der Waals surface area contributed by atoms with Gasteiger partial charge in [0.1, 0.15) is 5.75 Å². The number of carbonyl (C=O) groups is 2. The van der Waals surface area contributed by atoms with Crippen LogP contribution in [0.5, 0.6) is 5.75 Å². The SMILES string of the molecule is O=C(COc1ccccc1)NCCCNC(=O)c1cccs1. The first-order chi connectivity index (χ1) is 10.8. The molecule has 0 atom stereocenters. The number of benzene rings is 1. The minimum atomic E-state index is -0.173. The maximum atomic E-state index is 11.7. The second-order valence-electron chi connectivity index (χ2n) is 4.54. The fourth-order valence-electron chi connectivity index (χ4n) is 1.73. The predicted octanol–water partition coefficient (Wildman–Crippen LogP) is 2.06. The van der Waals surface area contributed by atoms with E-state index >= 15 is 0 Å². The first kappa shape index (κ1) is 16.0. The first-order valence-corrected chi connectivity index (χ1v) is 7.90. The van der Waals surface area contributed by atoms with Gasteiger partial charge < -0.3 is 15.4 Å². The molecule has 0 aliphatic rings. The molecule has 2 N–H and O–H groups in total. The highest BCUT2D eigenvalue weighted by molar-refractivity contribution is 7.12. The van der Waals surface area contributed by atoms with Crippen molar-refractivity contribution in [3.63, 3.8) is 0 Å².